The van der Waals surface area contributed by atoms with Gasteiger partial charge in [0.2, 0.25) is 0 Å². The summed E-state index contributed by atoms with van der Waals surface area (Å²) in [4.78, 5) is 30.7. The Morgan fingerprint density at radius 3 is 2.85 bits per heavy atom. The van der Waals surface area contributed by atoms with Crippen LogP contribution in [0.4, 0.5) is 11.5 Å². The SMILES string of the molecule is CN(C)c1cccc(C(=O)NCc2cc3cc(Cl)cc(Cn4cnc5c(N)ncnc54)c3[nH]2)c1. The number of carbonyl (C=O) groups is 1. The van der Waals surface area contributed by atoms with Crippen molar-refractivity contribution in [2.45, 2.75) is 13.1 Å². The van der Waals surface area contributed by atoms with Crippen molar-refractivity contribution in [1.82, 2.24) is 29.8 Å². The van der Waals surface area contributed by atoms with Gasteiger partial charge in [0.05, 0.1) is 24.9 Å². The molecule has 1 amide bonds. The molecule has 0 fully saturated rings. The minimum absolute atomic E-state index is 0.136. The van der Waals surface area contributed by atoms with Crippen LogP contribution in [0.2, 0.25) is 5.02 Å². The van der Waals surface area contributed by atoms with Crippen LogP contribution in [-0.4, -0.2) is 44.5 Å². The molecule has 9 nitrogen and oxygen atoms in total. The summed E-state index contributed by atoms with van der Waals surface area (Å²) in [6, 6.07) is 13.3. The Morgan fingerprint density at radius 2 is 2.03 bits per heavy atom. The highest BCUT2D eigenvalue weighted by Gasteiger charge is 2.13. The van der Waals surface area contributed by atoms with E-state index in [1.165, 1.54) is 6.33 Å². The Morgan fingerprint density at radius 1 is 1.18 bits per heavy atom. The lowest BCUT2D eigenvalue weighted by Crippen LogP contribution is -2.23. The number of hydrogen-bond acceptors (Lipinski definition) is 6. The molecular formula is C24H23ClN8O. The van der Waals surface area contributed by atoms with Gasteiger partial charge in [0.1, 0.15) is 11.8 Å². The molecule has 0 bridgehead atoms. The number of nitrogen functional groups attached to an aromatic ring is 1. The van der Waals surface area contributed by atoms with Gasteiger partial charge in [-0.15, -0.1) is 0 Å². The number of carbonyl (C=O) groups excluding carboxylic acids is 1. The van der Waals surface area contributed by atoms with Crippen LogP contribution in [-0.2, 0) is 13.1 Å². The Balaban J connectivity index is 1.39. The number of aromatic amines is 1. The van der Waals surface area contributed by atoms with E-state index in [9.17, 15) is 4.79 Å². The lowest BCUT2D eigenvalue weighted by molar-refractivity contribution is 0.0950. The fourth-order valence-electron chi connectivity index (χ4n) is 3.96. The number of anilines is 2. The summed E-state index contributed by atoms with van der Waals surface area (Å²) >= 11 is 6.41. The smallest absolute Gasteiger partial charge is 0.251 e. The van der Waals surface area contributed by atoms with E-state index in [1.807, 2.05) is 60.0 Å². The third kappa shape index (κ3) is 4.13. The molecule has 0 aliphatic rings. The first-order chi connectivity index (χ1) is 16.4. The molecule has 0 aliphatic carbocycles. The van der Waals surface area contributed by atoms with E-state index in [-0.39, 0.29) is 5.91 Å². The van der Waals surface area contributed by atoms with Crippen LogP contribution < -0.4 is 16.0 Å². The molecule has 10 heteroatoms. The fraction of sp³-hybridized carbons (Fsp3) is 0.167. The van der Waals surface area contributed by atoms with Crippen molar-refractivity contribution in [3.63, 3.8) is 0 Å². The number of nitrogens with one attached hydrogen (secondary N) is 2. The summed E-state index contributed by atoms with van der Waals surface area (Å²) in [5.74, 6) is 0.205. The number of nitrogens with zero attached hydrogens (tertiary/aromatic N) is 5. The monoisotopic (exact) mass is 474 g/mol. The van der Waals surface area contributed by atoms with Crippen molar-refractivity contribution in [3.8, 4) is 0 Å². The van der Waals surface area contributed by atoms with Gasteiger partial charge < -0.3 is 25.5 Å². The van der Waals surface area contributed by atoms with E-state index in [1.54, 1.807) is 12.4 Å². The van der Waals surface area contributed by atoms with Gasteiger partial charge in [-0.05, 0) is 42.0 Å². The van der Waals surface area contributed by atoms with Crippen LogP contribution in [0.25, 0.3) is 22.1 Å². The van der Waals surface area contributed by atoms with Gasteiger partial charge in [-0.3, -0.25) is 4.79 Å². The highest BCUT2D eigenvalue weighted by molar-refractivity contribution is 6.31. The Kier molecular flexibility index (Phi) is 5.54. The van der Waals surface area contributed by atoms with Gasteiger partial charge in [0.15, 0.2) is 11.5 Å². The normalized spacial score (nSPS) is 11.3. The first-order valence-corrected chi connectivity index (χ1v) is 11.0. The van der Waals surface area contributed by atoms with Gasteiger partial charge in [-0.2, -0.15) is 0 Å². The summed E-state index contributed by atoms with van der Waals surface area (Å²) in [6.45, 7) is 0.849. The number of nitrogens with two attached hydrogens (primary N) is 1. The minimum atomic E-state index is -0.136. The number of imidazole rings is 1. The molecule has 34 heavy (non-hydrogen) atoms. The van der Waals surface area contributed by atoms with Gasteiger partial charge in [0.25, 0.3) is 5.91 Å². The molecular weight excluding hydrogens is 452 g/mol. The highest BCUT2D eigenvalue weighted by atomic mass is 35.5. The maximum Gasteiger partial charge on any atom is 0.251 e. The lowest BCUT2D eigenvalue weighted by atomic mass is 10.1. The molecule has 0 atom stereocenters. The minimum Gasteiger partial charge on any atom is -0.382 e. The van der Waals surface area contributed by atoms with E-state index in [0.29, 0.717) is 40.7 Å². The number of amides is 1. The Labute approximate surface area is 200 Å². The molecule has 0 aliphatic heterocycles. The zero-order valence-corrected chi connectivity index (χ0v) is 19.5. The average molecular weight is 475 g/mol. The number of fused-ring (bicyclic) bond motifs is 2. The van der Waals surface area contributed by atoms with Crippen LogP contribution in [0.3, 0.4) is 0 Å². The van der Waals surface area contributed by atoms with Crippen LogP contribution in [0, 0.1) is 0 Å². The summed E-state index contributed by atoms with van der Waals surface area (Å²) in [5, 5.41) is 4.56. The largest absolute Gasteiger partial charge is 0.382 e. The first kappa shape index (κ1) is 21.7. The highest BCUT2D eigenvalue weighted by Crippen LogP contribution is 2.27. The van der Waals surface area contributed by atoms with Crippen molar-refractivity contribution in [2.75, 3.05) is 24.7 Å². The molecule has 0 saturated carbocycles. The van der Waals surface area contributed by atoms with Crippen molar-refractivity contribution >= 4 is 51.1 Å². The van der Waals surface area contributed by atoms with Gasteiger partial charge >= 0.3 is 0 Å². The van der Waals surface area contributed by atoms with Crippen LogP contribution in [0.5, 0.6) is 0 Å². The van der Waals surface area contributed by atoms with E-state index in [0.717, 1.165) is 27.8 Å². The third-order valence-electron chi connectivity index (χ3n) is 5.66. The molecule has 3 aromatic heterocycles. The maximum absolute atomic E-state index is 12.7. The standard InChI is InChI=1S/C24H23ClN8O/c1-32(2)19-5-3-4-14(9-19)24(34)27-10-18-8-15-6-17(25)7-16(20(15)31-18)11-33-13-30-21-22(26)28-12-29-23(21)33/h3-9,12-13,31H,10-11H2,1-2H3,(H,27,34)(H2,26,28,29). The van der Waals surface area contributed by atoms with E-state index in [4.69, 9.17) is 17.3 Å². The zero-order valence-electron chi connectivity index (χ0n) is 18.7. The maximum atomic E-state index is 12.7. The number of rotatable bonds is 6. The van der Waals surface area contributed by atoms with Crippen molar-refractivity contribution in [1.29, 1.82) is 0 Å². The number of benzene rings is 2. The molecule has 0 saturated heterocycles. The summed E-state index contributed by atoms with van der Waals surface area (Å²) in [5.41, 5.74) is 11.5. The molecule has 0 spiro atoms. The number of aromatic nitrogens is 5. The van der Waals surface area contributed by atoms with Gasteiger partial charge in [0, 0.05) is 41.4 Å². The fourth-order valence-corrected chi connectivity index (χ4v) is 4.21. The van der Waals surface area contributed by atoms with E-state index in [2.05, 4.69) is 25.3 Å². The van der Waals surface area contributed by atoms with E-state index >= 15 is 0 Å². The second-order valence-electron chi connectivity index (χ2n) is 8.25. The van der Waals surface area contributed by atoms with Crippen LogP contribution in [0.1, 0.15) is 21.6 Å². The zero-order chi connectivity index (χ0) is 23.8. The lowest BCUT2D eigenvalue weighted by Gasteiger charge is -2.13. The Hall–Kier alpha value is -4.11. The molecule has 2 aromatic carbocycles. The van der Waals surface area contributed by atoms with Gasteiger partial charge in [-0.25, -0.2) is 15.0 Å². The average Bonchev–Trinajstić information content (AvgIpc) is 3.42. The van der Waals surface area contributed by atoms with Crippen LogP contribution >= 0.6 is 11.6 Å². The predicted octanol–water partition coefficient (Wildman–Crippen LogP) is 3.59. The topological polar surface area (TPSA) is 118 Å². The summed E-state index contributed by atoms with van der Waals surface area (Å²) < 4.78 is 1.90. The Bertz CT molecular complexity index is 1520. The number of hydrogen-bond donors (Lipinski definition) is 3. The van der Waals surface area contributed by atoms with Crippen LogP contribution in [0.15, 0.2) is 55.1 Å². The number of H-pyrrole nitrogens is 1. The van der Waals surface area contributed by atoms with Crippen molar-refractivity contribution in [2.24, 2.45) is 0 Å². The first-order valence-electron chi connectivity index (χ1n) is 10.7. The molecule has 172 valence electrons. The van der Waals surface area contributed by atoms with Gasteiger partial charge in [-0.1, -0.05) is 17.7 Å². The van der Waals surface area contributed by atoms with E-state index < -0.39 is 0 Å². The van der Waals surface area contributed by atoms with Crippen molar-refractivity contribution < 1.29 is 4.79 Å². The second kappa shape index (κ2) is 8.68. The molecule has 5 aromatic rings. The quantitative estimate of drug-likeness (QED) is 0.346. The predicted molar refractivity (Wildman–Crippen MR) is 134 cm³/mol. The summed E-state index contributed by atoms with van der Waals surface area (Å²) in [6.07, 6.45) is 3.11. The molecule has 5 rings (SSSR count). The molecule has 4 N–H and O–H groups in total. The molecule has 0 unspecified atom stereocenters. The third-order valence-corrected chi connectivity index (χ3v) is 5.88. The molecule has 0 radical (unpaired) electrons. The second-order valence-corrected chi connectivity index (χ2v) is 8.69. The molecule has 3 heterocycles. The number of halogens is 1. The van der Waals surface area contributed by atoms with Crippen molar-refractivity contribution in [3.05, 3.63) is 77.0 Å². The summed E-state index contributed by atoms with van der Waals surface area (Å²) in [7, 11) is 3.89.